The number of allylic oxidation sites excluding steroid dienone is 2. The van der Waals surface area contributed by atoms with Gasteiger partial charge in [-0.25, -0.2) is 0 Å². The lowest BCUT2D eigenvalue weighted by Crippen LogP contribution is -2.40. The summed E-state index contributed by atoms with van der Waals surface area (Å²) < 4.78 is 0. The van der Waals surface area contributed by atoms with E-state index < -0.39 is 0 Å². The SMILES string of the molecule is O=C(CCN1C(=O)[C@@H]2[C@H]3C=C[C@@H]([C@@H]4C[C@H]34)[C@@H]2C1=O)Nc1ccccc1. The van der Waals surface area contributed by atoms with Crippen molar-refractivity contribution in [2.45, 2.75) is 12.8 Å². The number of carbonyl (C=O) groups is 3. The molecule has 6 rings (SSSR count). The Morgan fingerprint density at radius 3 is 2.20 bits per heavy atom. The summed E-state index contributed by atoms with van der Waals surface area (Å²) >= 11 is 0. The van der Waals surface area contributed by atoms with Crippen LogP contribution in [-0.2, 0) is 14.4 Å². The number of likely N-dealkylation sites (tertiary alicyclic amines) is 1. The van der Waals surface area contributed by atoms with Crippen LogP contribution in [0.4, 0.5) is 5.69 Å². The number of hydrogen-bond donors (Lipinski definition) is 1. The lowest BCUT2D eigenvalue weighted by atomic mass is 9.63. The number of para-hydroxylation sites is 1. The highest BCUT2D eigenvalue weighted by molar-refractivity contribution is 6.06. The molecule has 2 bridgehead atoms. The van der Waals surface area contributed by atoms with E-state index in [1.807, 2.05) is 30.3 Å². The predicted octanol–water partition coefficient (Wildman–Crippen LogP) is 2.07. The van der Waals surface area contributed by atoms with Crippen LogP contribution in [0, 0.1) is 35.5 Å². The molecule has 5 nitrogen and oxygen atoms in total. The Morgan fingerprint density at radius 1 is 1.00 bits per heavy atom. The topological polar surface area (TPSA) is 66.5 Å². The van der Waals surface area contributed by atoms with E-state index in [0.717, 1.165) is 12.1 Å². The van der Waals surface area contributed by atoms with Gasteiger partial charge in [0.2, 0.25) is 17.7 Å². The van der Waals surface area contributed by atoms with Crippen LogP contribution in [-0.4, -0.2) is 29.2 Å². The molecule has 128 valence electrons. The molecule has 4 aliphatic carbocycles. The predicted molar refractivity (Wildman–Crippen MR) is 91.1 cm³/mol. The van der Waals surface area contributed by atoms with E-state index in [1.165, 1.54) is 4.90 Å². The summed E-state index contributed by atoms with van der Waals surface area (Å²) in [6.45, 7) is 0.179. The summed E-state index contributed by atoms with van der Waals surface area (Å²) in [5.41, 5.74) is 0.725. The summed E-state index contributed by atoms with van der Waals surface area (Å²) in [5.74, 6) is 1.03. The molecular weight excluding hydrogens is 316 g/mol. The van der Waals surface area contributed by atoms with E-state index in [-0.39, 0.29) is 54.4 Å². The van der Waals surface area contributed by atoms with Gasteiger partial charge in [-0.1, -0.05) is 30.4 Å². The molecule has 5 heteroatoms. The smallest absolute Gasteiger partial charge is 0.233 e. The molecule has 6 atom stereocenters. The fourth-order valence-electron chi connectivity index (χ4n) is 5.20. The maximum absolute atomic E-state index is 12.8. The van der Waals surface area contributed by atoms with Gasteiger partial charge in [-0.3, -0.25) is 19.3 Å². The van der Waals surface area contributed by atoms with Crippen LogP contribution in [0.1, 0.15) is 12.8 Å². The monoisotopic (exact) mass is 336 g/mol. The Labute approximate surface area is 146 Å². The number of amides is 3. The summed E-state index contributed by atoms with van der Waals surface area (Å²) in [4.78, 5) is 39.1. The zero-order chi connectivity index (χ0) is 17.1. The van der Waals surface area contributed by atoms with Gasteiger partial charge in [-0.05, 0) is 42.2 Å². The van der Waals surface area contributed by atoms with Gasteiger partial charge < -0.3 is 5.32 Å². The molecule has 1 aliphatic heterocycles. The van der Waals surface area contributed by atoms with Crippen LogP contribution in [0.25, 0.3) is 0 Å². The van der Waals surface area contributed by atoms with Crippen molar-refractivity contribution in [2.75, 3.05) is 11.9 Å². The lowest BCUT2D eigenvalue weighted by molar-refractivity contribution is -0.140. The molecule has 0 radical (unpaired) electrons. The van der Waals surface area contributed by atoms with Crippen LogP contribution >= 0.6 is 0 Å². The van der Waals surface area contributed by atoms with Crippen molar-refractivity contribution in [3.8, 4) is 0 Å². The molecular formula is C20H20N2O3. The minimum atomic E-state index is -0.177. The van der Waals surface area contributed by atoms with Crippen LogP contribution in [0.3, 0.4) is 0 Å². The molecule has 0 spiro atoms. The summed E-state index contributed by atoms with van der Waals surface area (Å²) in [7, 11) is 0. The molecule has 2 saturated carbocycles. The standard InChI is InChI=1S/C20H20N2O3/c23-16(21-11-4-2-1-3-5-11)8-9-22-19(24)17-12-6-7-13(15-10-14(12)15)18(17)20(22)25/h1-7,12-15,17-18H,8-10H2,(H,21,23)/t12-,13-,14-,15+,17-,18+/m0/s1. The van der Waals surface area contributed by atoms with Gasteiger partial charge in [0.05, 0.1) is 11.8 Å². The quantitative estimate of drug-likeness (QED) is 0.676. The van der Waals surface area contributed by atoms with Crippen molar-refractivity contribution in [3.63, 3.8) is 0 Å². The first-order valence-electron chi connectivity index (χ1n) is 9.03. The van der Waals surface area contributed by atoms with Crippen molar-refractivity contribution >= 4 is 23.4 Å². The average Bonchev–Trinajstić information content (AvgIpc) is 3.40. The Hall–Kier alpha value is -2.43. The highest BCUT2D eigenvalue weighted by Gasteiger charge is 2.66. The van der Waals surface area contributed by atoms with E-state index in [1.54, 1.807) is 0 Å². The molecule has 0 unspecified atom stereocenters. The minimum absolute atomic E-state index is 0.0628. The van der Waals surface area contributed by atoms with Gasteiger partial charge in [-0.2, -0.15) is 0 Å². The fraction of sp³-hybridized carbons (Fsp3) is 0.450. The third-order valence-electron chi connectivity index (χ3n) is 6.37. The Bertz CT molecular complexity index is 751. The third kappa shape index (κ3) is 2.18. The van der Waals surface area contributed by atoms with E-state index in [2.05, 4.69) is 17.5 Å². The molecule has 1 saturated heterocycles. The molecule has 1 aromatic carbocycles. The van der Waals surface area contributed by atoms with Crippen molar-refractivity contribution in [2.24, 2.45) is 35.5 Å². The van der Waals surface area contributed by atoms with Gasteiger partial charge in [-0.15, -0.1) is 0 Å². The summed E-state index contributed by atoms with van der Waals surface area (Å²) in [6, 6.07) is 9.21. The second-order valence-corrected chi connectivity index (χ2v) is 7.65. The molecule has 25 heavy (non-hydrogen) atoms. The number of nitrogens with zero attached hydrogens (tertiary/aromatic N) is 1. The van der Waals surface area contributed by atoms with Crippen LogP contribution in [0.15, 0.2) is 42.5 Å². The van der Waals surface area contributed by atoms with Crippen molar-refractivity contribution < 1.29 is 14.4 Å². The van der Waals surface area contributed by atoms with E-state index in [9.17, 15) is 14.4 Å². The average molecular weight is 336 g/mol. The van der Waals surface area contributed by atoms with Crippen LogP contribution in [0.2, 0.25) is 0 Å². The van der Waals surface area contributed by atoms with Crippen LogP contribution < -0.4 is 5.32 Å². The summed E-state index contributed by atoms with van der Waals surface area (Å²) in [5, 5.41) is 2.80. The largest absolute Gasteiger partial charge is 0.326 e. The number of nitrogens with one attached hydrogen (secondary N) is 1. The number of hydrogen-bond acceptors (Lipinski definition) is 3. The van der Waals surface area contributed by atoms with E-state index >= 15 is 0 Å². The lowest BCUT2D eigenvalue weighted by Gasteiger charge is -2.37. The minimum Gasteiger partial charge on any atom is -0.326 e. The first-order valence-corrected chi connectivity index (χ1v) is 9.03. The number of rotatable bonds is 4. The molecule has 0 aromatic heterocycles. The maximum atomic E-state index is 12.8. The Kier molecular flexibility index (Phi) is 3.14. The van der Waals surface area contributed by atoms with Crippen molar-refractivity contribution in [1.82, 2.24) is 4.90 Å². The van der Waals surface area contributed by atoms with Gasteiger partial charge in [0, 0.05) is 18.7 Å². The maximum Gasteiger partial charge on any atom is 0.233 e. The zero-order valence-electron chi connectivity index (χ0n) is 13.8. The Balaban J connectivity index is 1.26. The number of benzene rings is 1. The fourth-order valence-corrected chi connectivity index (χ4v) is 5.20. The van der Waals surface area contributed by atoms with Crippen LogP contribution in [0.5, 0.6) is 0 Å². The first kappa shape index (κ1) is 14.9. The van der Waals surface area contributed by atoms with E-state index in [0.29, 0.717) is 11.8 Å². The molecule has 1 aromatic rings. The van der Waals surface area contributed by atoms with Gasteiger partial charge in [0.25, 0.3) is 0 Å². The molecule has 1 N–H and O–H groups in total. The zero-order valence-corrected chi connectivity index (χ0v) is 13.8. The highest BCUT2D eigenvalue weighted by Crippen LogP contribution is 2.65. The van der Waals surface area contributed by atoms with E-state index in [4.69, 9.17) is 0 Å². The number of carbonyl (C=O) groups excluding carboxylic acids is 3. The second-order valence-electron chi connectivity index (χ2n) is 7.65. The first-order chi connectivity index (χ1) is 12.1. The normalized spacial score (nSPS) is 37.0. The molecule has 5 aliphatic rings. The Morgan fingerprint density at radius 2 is 1.60 bits per heavy atom. The van der Waals surface area contributed by atoms with Gasteiger partial charge in [0.1, 0.15) is 0 Å². The number of imide groups is 1. The van der Waals surface area contributed by atoms with Gasteiger partial charge >= 0.3 is 0 Å². The molecule has 1 heterocycles. The summed E-state index contributed by atoms with van der Waals surface area (Å²) in [6.07, 6.45) is 5.63. The second kappa shape index (κ2) is 5.28. The third-order valence-corrected chi connectivity index (χ3v) is 6.37. The highest BCUT2D eigenvalue weighted by atomic mass is 16.2. The number of anilines is 1. The van der Waals surface area contributed by atoms with Crippen molar-refractivity contribution in [3.05, 3.63) is 42.5 Å². The van der Waals surface area contributed by atoms with Gasteiger partial charge in [0.15, 0.2) is 0 Å². The molecule has 3 fully saturated rings. The molecule has 3 amide bonds. The van der Waals surface area contributed by atoms with Crippen molar-refractivity contribution in [1.29, 1.82) is 0 Å².